The van der Waals surface area contributed by atoms with Crippen molar-refractivity contribution in [3.05, 3.63) is 60.4 Å². The first kappa shape index (κ1) is 18.7. The molecule has 0 radical (unpaired) electrons. The van der Waals surface area contributed by atoms with Crippen LogP contribution in [0.15, 0.2) is 64.5 Å². The van der Waals surface area contributed by atoms with E-state index in [0.29, 0.717) is 22.8 Å². The van der Waals surface area contributed by atoms with Crippen LogP contribution in [-0.2, 0) is 11.2 Å². The Labute approximate surface area is 168 Å². The molecule has 6 nitrogen and oxygen atoms in total. The number of nitrogens with zero attached hydrogens (tertiary/aromatic N) is 4. The summed E-state index contributed by atoms with van der Waals surface area (Å²) in [6.07, 6.45) is 6.56. The summed E-state index contributed by atoms with van der Waals surface area (Å²) >= 11 is 1.29. The van der Waals surface area contributed by atoms with Gasteiger partial charge in [0.25, 0.3) is 5.22 Å². The van der Waals surface area contributed by atoms with Gasteiger partial charge in [-0.3, -0.25) is 9.78 Å². The fourth-order valence-electron chi connectivity index (χ4n) is 3.42. The average molecular weight is 395 g/mol. The molecule has 2 aromatic heterocycles. The van der Waals surface area contributed by atoms with E-state index in [-0.39, 0.29) is 5.91 Å². The standard InChI is InChI=1S/C21H22N4O2S/c26-19(15-28-21-24-23-20(27-21)18-7-4-10-22-14-18)25-11-8-17(9-12-25)13-16-5-2-1-3-6-16/h1-7,10,14,17H,8-9,11-13,15H2. The number of aromatic nitrogens is 3. The van der Waals surface area contributed by atoms with Crippen molar-refractivity contribution in [1.29, 1.82) is 0 Å². The number of carbonyl (C=O) groups excluding carboxylic acids is 1. The Morgan fingerprint density at radius 1 is 1.11 bits per heavy atom. The van der Waals surface area contributed by atoms with Crippen molar-refractivity contribution in [1.82, 2.24) is 20.1 Å². The van der Waals surface area contributed by atoms with E-state index in [1.807, 2.05) is 23.1 Å². The van der Waals surface area contributed by atoms with Crippen LogP contribution in [0, 0.1) is 5.92 Å². The number of hydrogen-bond acceptors (Lipinski definition) is 6. The summed E-state index contributed by atoms with van der Waals surface area (Å²) in [5.41, 5.74) is 2.15. The molecule has 7 heteroatoms. The quantitative estimate of drug-likeness (QED) is 0.594. The molecule has 0 saturated carbocycles. The van der Waals surface area contributed by atoms with Gasteiger partial charge in [0, 0.05) is 25.5 Å². The maximum Gasteiger partial charge on any atom is 0.277 e. The zero-order chi connectivity index (χ0) is 19.2. The lowest BCUT2D eigenvalue weighted by molar-refractivity contribution is -0.129. The lowest BCUT2D eigenvalue weighted by Crippen LogP contribution is -2.39. The van der Waals surface area contributed by atoms with Gasteiger partial charge < -0.3 is 9.32 Å². The molecule has 3 heterocycles. The number of likely N-dealkylation sites (tertiary alicyclic amines) is 1. The molecule has 0 unspecified atom stereocenters. The molecule has 1 aromatic carbocycles. The highest BCUT2D eigenvalue weighted by Gasteiger charge is 2.23. The van der Waals surface area contributed by atoms with Crippen LogP contribution >= 0.6 is 11.8 Å². The Bertz CT molecular complexity index is 893. The van der Waals surface area contributed by atoms with Crippen LogP contribution in [-0.4, -0.2) is 44.8 Å². The summed E-state index contributed by atoms with van der Waals surface area (Å²) in [6.45, 7) is 1.64. The van der Waals surface area contributed by atoms with Crippen LogP contribution in [0.2, 0.25) is 0 Å². The molecule has 1 amide bonds. The molecule has 0 aliphatic carbocycles. The number of piperidine rings is 1. The van der Waals surface area contributed by atoms with Crippen molar-refractivity contribution < 1.29 is 9.21 Å². The molecule has 0 bridgehead atoms. The molecule has 1 fully saturated rings. The number of rotatable bonds is 6. The van der Waals surface area contributed by atoms with Gasteiger partial charge in [0.1, 0.15) is 0 Å². The van der Waals surface area contributed by atoms with Gasteiger partial charge in [-0.25, -0.2) is 0 Å². The lowest BCUT2D eigenvalue weighted by Gasteiger charge is -2.32. The van der Waals surface area contributed by atoms with Gasteiger partial charge in [-0.15, -0.1) is 10.2 Å². The SMILES string of the molecule is O=C(CSc1nnc(-c2cccnc2)o1)N1CCC(Cc2ccccc2)CC1. The smallest absolute Gasteiger partial charge is 0.277 e. The molecule has 28 heavy (non-hydrogen) atoms. The maximum atomic E-state index is 12.5. The van der Waals surface area contributed by atoms with Crippen LogP contribution in [0.25, 0.3) is 11.5 Å². The van der Waals surface area contributed by atoms with Crippen LogP contribution in [0.3, 0.4) is 0 Å². The minimum atomic E-state index is 0.129. The maximum absolute atomic E-state index is 12.5. The van der Waals surface area contributed by atoms with Crippen molar-refractivity contribution >= 4 is 17.7 Å². The Morgan fingerprint density at radius 2 is 1.93 bits per heavy atom. The van der Waals surface area contributed by atoms with E-state index < -0.39 is 0 Å². The van der Waals surface area contributed by atoms with Crippen molar-refractivity contribution in [3.8, 4) is 11.5 Å². The Kier molecular flexibility index (Phi) is 6.01. The molecule has 1 aliphatic rings. The second-order valence-corrected chi connectivity index (χ2v) is 7.84. The summed E-state index contributed by atoms with van der Waals surface area (Å²) < 4.78 is 5.62. The topological polar surface area (TPSA) is 72.1 Å². The predicted octanol–water partition coefficient (Wildman–Crippen LogP) is 3.71. The third kappa shape index (κ3) is 4.78. The third-order valence-corrected chi connectivity index (χ3v) is 5.77. The lowest BCUT2D eigenvalue weighted by atomic mass is 9.90. The average Bonchev–Trinajstić information content (AvgIpc) is 3.23. The number of hydrogen-bond donors (Lipinski definition) is 0. The van der Waals surface area contributed by atoms with E-state index in [4.69, 9.17) is 4.42 Å². The van der Waals surface area contributed by atoms with E-state index in [1.54, 1.807) is 12.4 Å². The van der Waals surface area contributed by atoms with Gasteiger partial charge in [0.05, 0.1) is 11.3 Å². The predicted molar refractivity (Wildman–Crippen MR) is 108 cm³/mol. The number of thioether (sulfide) groups is 1. The van der Waals surface area contributed by atoms with E-state index in [9.17, 15) is 4.79 Å². The molecule has 1 saturated heterocycles. The molecular weight excluding hydrogens is 372 g/mol. The van der Waals surface area contributed by atoms with Crippen LogP contribution in [0.4, 0.5) is 0 Å². The molecule has 3 aromatic rings. The van der Waals surface area contributed by atoms with E-state index in [1.165, 1.54) is 17.3 Å². The molecule has 0 spiro atoms. The van der Waals surface area contributed by atoms with Crippen LogP contribution in [0.1, 0.15) is 18.4 Å². The first-order valence-electron chi connectivity index (χ1n) is 9.46. The van der Waals surface area contributed by atoms with Crippen molar-refractivity contribution in [2.24, 2.45) is 5.92 Å². The van der Waals surface area contributed by atoms with Gasteiger partial charge >= 0.3 is 0 Å². The Balaban J connectivity index is 1.23. The van der Waals surface area contributed by atoms with Crippen LogP contribution in [0.5, 0.6) is 0 Å². The minimum absolute atomic E-state index is 0.129. The summed E-state index contributed by atoms with van der Waals surface area (Å²) in [5.74, 6) is 1.52. The fourth-order valence-corrected chi connectivity index (χ4v) is 4.09. The Hall–Kier alpha value is -2.67. The third-order valence-electron chi connectivity index (χ3n) is 4.97. The molecule has 0 atom stereocenters. The molecule has 1 aliphatic heterocycles. The minimum Gasteiger partial charge on any atom is -0.411 e. The van der Waals surface area contributed by atoms with Gasteiger partial charge in [0.2, 0.25) is 11.8 Å². The fraction of sp³-hybridized carbons (Fsp3) is 0.333. The van der Waals surface area contributed by atoms with E-state index in [2.05, 4.69) is 39.4 Å². The van der Waals surface area contributed by atoms with Gasteiger partial charge in [-0.2, -0.15) is 0 Å². The molecule has 0 N–H and O–H groups in total. The van der Waals surface area contributed by atoms with E-state index in [0.717, 1.165) is 37.9 Å². The number of benzene rings is 1. The highest BCUT2D eigenvalue weighted by atomic mass is 32.2. The van der Waals surface area contributed by atoms with Gasteiger partial charge in [-0.1, -0.05) is 42.1 Å². The zero-order valence-electron chi connectivity index (χ0n) is 15.5. The van der Waals surface area contributed by atoms with Crippen molar-refractivity contribution in [2.75, 3.05) is 18.8 Å². The largest absolute Gasteiger partial charge is 0.411 e. The normalized spacial score (nSPS) is 14.9. The summed E-state index contributed by atoms with van der Waals surface area (Å²) in [4.78, 5) is 18.5. The second-order valence-electron chi connectivity index (χ2n) is 6.92. The van der Waals surface area contributed by atoms with Crippen molar-refractivity contribution in [3.63, 3.8) is 0 Å². The highest BCUT2D eigenvalue weighted by molar-refractivity contribution is 7.99. The van der Waals surface area contributed by atoms with Crippen LogP contribution < -0.4 is 0 Å². The molecule has 4 rings (SSSR count). The van der Waals surface area contributed by atoms with Gasteiger partial charge in [-0.05, 0) is 42.9 Å². The second kappa shape index (κ2) is 9.01. The van der Waals surface area contributed by atoms with E-state index >= 15 is 0 Å². The number of pyridine rings is 1. The highest BCUT2D eigenvalue weighted by Crippen LogP contribution is 2.25. The monoisotopic (exact) mass is 394 g/mol. The number of amides is 1. The molecular formula is C21H22N4O2S. The first-order valence-corrected chi connectivity index (χ1v) is 10.4. The number of carbonyl (C=O) groups is 1. The summed E-state index contributed by atoms with van der Waals surface area (Å²) in [7, 11) is 0. The van der Waals surface area contributed by atoms with Crippen molar-refractivity contribution in [2.45, 2.75) is 24.5 Å². The first-order chi connectivity index (χ1) is 13.8. The zero-order valence-corrected chi connectivity index (χ0v) is 16.3. The Morgan fingerprint density at radius 3 is 2.68 bits per heavy atom. The molecule has 144 valence electrons. The van der Waals surface area contributed by atoms with Gasteiger partial charge in [0.15, 0.2) is 0 Å². The summed E-state index contributed by atoms with van der Waals surface area (Å²) in [5, 5.41) is 8.45. The summed E-state index contributed by atoms with van der Waals surface area (Å²) in [6, 6.07) is 14.3.